The second-order valence-electron chi connectivity index (χ2n) is 16.5. The molecule has 19 heteroatoms. The molecule has 4 N–H and O–H groups in total. The summed E-state index contributed by atoms with van der Waals surface area (Å²) in [5, 5.41) is 5.46. The highest BCUT2D eigenvalue weighted by atomic mass is 16.2. The number of nitrogens with one attached hydrogen (secondary N) is 2. The quantitative estimate of drug-likeness (QED) is 0.245. The third kappa shape index (κ3) is 7.52. The van der Waals surface area contributed by atoms with Crippen LogP contribution >= 0.6 is 0 Å². The van der Waals surface area contributed by atoms with Gasteiger partial charge in [-0.15, -0.1) is 0 Å². The van der Waals surface area contributed by atoms with Gasteiger partial charge in [0.15, 0.2) is 11.5 Å². The number of pyridine rings is 1. The average Bonchev–Trinajstić information content (AvgIpc) is 3.93. The SMILES string of the molecule is CN1CCN([C@@H]2CCCN(c3cnc(C(N)=O)c(Nc4ccc(N5CCN(C[C@H]6CCN(c7ccc8c(c7)C(=O)N(C7CCC(=O)NC7=O)C8=O)C6)CC5)nc4)n3)C2)C1=O. The van der Waals surface area contributed by atoms with Crippen LogP contribution in [0.15, 0.2) is 42.7 Å². The lowest BCUT2D eigenvalue weighted by Crippen LogP contribution is -2.54. The molecule has 0 aliphatic carbocycles. The van der Waals surface area contributed by atoms with Crippen LogP contribution in [0.3, 0.4) is 0 Å². The summed E-state index contributed by atoms with van der Waals surface area (Å²) >= 11 is 0. The van der Waals surface area contributed by atoms with Crippen molar-refractivity contribution in [2.45, 2.75) is 44.2 Å². The number of aromatic nitrogens is 3. The van der Waals surface area contributed by atoms with Gasteiger partial charge in [0.1, 0.15) is 17.7 Å². The van der Waals surface area contributed by atoms with Gasteiger partial charge >= 0.3 is 6.03 Å². The molecule has 60 heavy (non-hydrogen) atoms. The highest BCUT2D eigenvalue weighted by molar-refractivity contribution is 6.23. The number of primary amides is 1. The Labute approximate surface area is 346 Å². The number of urea groups is 1. The highest BCUT2D eigenvalue weighted by Gasteiger charge is 2.45. The van der Waals surface area contributed by atoms with Crippen LogP contribution in [-0.4, -0.2) is 161 Å². The lowest BCUT2D eigenvalue weighted by atomic mass is 10.0. The standard InChI is InChI=1S/C41H49N13O6/c1-48-13-18-53(41(48)60)28-3-2-11-52(24-28)33-21-44-35(36(42)56)37(46-33)45-26-4-8-32(43-20-26)50-16-14-49(15-17-50)22-25-10-12-51(23-25)27-5-6-29-30(19-27)40(59)54(39(29)58)31-7-9-34(55)47-38(31)57/h4-6,8,19-21,25,28,31H,2-3,7,9-18,22-24H2,1H3,(H2,42,56)(H,45,46)(H,47,55,57)/t25-,28-,31?/m1/s1. The number of nitrogens with two attached hydrogens (primary N) is 1. The Morgan fingerprint density at radius 2 is 1.63 bits per heavy atom. The lowest BCUT2D eigenvalue weighted by Gasteiger charge is -2.37. The number of hydrogen-bond acceptors (Lipinski definition) is 14. The Hall–Kier alpha value is -6.37. The van der Waals surface area contributed by atoms with Gasteiger partial charge < -0.3 is 35.6 Å². The number of rotatable bonds is 10. The van der Waals surface area contributed by atoms with Crippen LogP contribution in [0, 0.1) is 5.92 Å². The van der Waals surface area contributed by atoms with E-state index in [1.807, 2.05) is 30.1 Å². The summed E-state index contributed by atoms with van der Waals surface area (Å²) in [6, 6.07) is 8.31. The number of fused-ring (bicyclic) bond motifs is 1. The third-order valence-corrected chi connectivity index (χ3v) is 12.7. The smallest absolute Gasteiger partial charge is 0.320 e. The first kappa shape index (κ1) is 39.1. The van der Waals surface area contributed by atoms with Gasteiger partial charge in [0.05, 0.1) is 35.2 Å². The summed E-state index contributed by atoms with van der Waals surface area (Å²) in [5.74, 6) is -0.549. The van der Waals surface area contributed by atoms with Crippen molar-refractivity contribution in [3.05, 3.63) is 59.5 Å². The first-order valence-electron chi connectivity index (χ1n) is 20.7. The topological polar surface area (TPSA) is 214 Å². The molecule has 1 aromatic carbocycles. The van der Waals surface area contributed by atoms with E-state index in [9.17, 15) is 28.8 Å². The van der Waals surface area contributed by atoms with Crippen molar-refractivity contribution in [1.82, 2.24) is 39.9 Å². The zero-order chi connectivity index (χ0) is 41.7. The van der Waals surface area contributed by atoms with E-state index >= 15 is 0 Å². The summed E-state index contributed by atoms with van der Waals surface area (Å²) in [6.45, 7) is 8.82. The average molecular weight is 820 g/mol. The van der Waals surface area contributed by atoms with E-state index in [1.54, 1.807) is 29.4 Å². The predicted octanol–water partition coefficient (Wildman–Crippen LogP) is 1.10. The maximum Gasteiger partial charge on any atom is 0.320 e. The summed E-state index contributed by atoms with van der Waals surface area (Å²) in [6.07, 6.45) is 6.32. The van der Waals surface area contributed by atoms with Crippen molar-refractivity contribution >= 4 is 64.4 Å². The Morgan fingerprint density at radius 3 is 2.37 bits per heavy atom. The maximum absolute atomic E-state index is 13.4. The Kier molecular flexibility index (Phi) is 10.4. The third-order valence-electron chi connectivity index (χ3n) is 12.7. The van der Waals surface area contributed by atoms with Gasteiger partial charge in [-0.1, -0.05) is 0 Å². The second kappa shape index (κ2) is 16.0. The van der Waals surface area contributed by atoms with Gasteiger partial charge in [-0.25, -0.2) is 19.7 Å². The van der Waals surface area contributed by atoms with E-state index in [-0.39, 0.29) is 42.0 Å². The summed E-state index contributed by atoms with van der Waals surface area (Å²) in [7, 11) is 1.82. The van der Waals surface area contributed by atoms with Crippen LogP contribution in [-0.2, 0) is 9.59 Å². The van der Waals surface area contributed by atoms with Gasteiger partial charge in [-0.05, 0) is 61.9 Å². The number of anilines is 5. The predicted molar refractivity (Wildman–Crippen MR) is 220 cm³/mol. The van der Waals surface area contributed by atoms with E-state index < -0.39 is 35.6 Å². The number of piperidine rings is 2. The number of nitrogens with zero attached hydrogens (tertiary/aromatic N) is 10. The number of piperazine rings is 1. The summed E-state index contributed by atoms with van der Waals surface area (Å²) in [5.41, 5.74) is 7.83. The molecule has 2 aromatic heterocycles. The van der Waals surface area contributed by atoms with Gasteiger partial charge in [-0.2, -0.15) is 0 Å². The fraction of sp³-hybridized carbons (Fsp3) is 0.488. The summed E-state index contributed by atoms with van der Waals surface area (Å²) in [4.78, 5) is 103. The number of benzene rings is 1. The molecule has 8 heterocycles. The molecule has 0 saturated carbocycles. The zero-order valence-corrected chi connectivity index (χ0v) is 33.6. The van der Waals surface area contributed by atoms with E-state index in [0.29, 0.717) is 36.1 Å². The van der Waals surface area contributed by atoms with Gasteiger partial charge in [0, 0.05) is 91.1 Å². The van der Waals surface area contributed by atoms with Crippen molar-refractivity contribution in [2.75, 3.05) is 99.1 Å². The normalized spacial score (nSPS) is 23.8. The molecular formula is C41H49N13O6. The molecule has 0 spiro atoms. The molecule has 3 aromatic rings. The lowest BCUT2D eigenvalue weighted by molar-refractivity contribution is -0.136. The van der Waals surface area contributed by atoms with Crippen LogP contribution in [0.1, 0.15) is 63.3 Å². The van der Waals surface area contributed by atoms with Crippen LogP contribution in [0.2, 0.25) is 0 Å². The first-order valence-corrected chi connectivity index (χ1v) is 20.7. The van der Waals surface area contributed by atoms with Crippen LogP contribution in [0.4, 0.5) is 33.6 Å². The minimum absolute atomic E-state index is 0.0338. The number of likely N-dealkylation sites (N-methyl/N-ethyl adjacent to an activating group) is 1. The Morgan fingerprint density at radius 1 is 0.817 bits per heavy atom. The van der Waals surface area contributed by atoms with Gasteiger partial charge in [-0.3, -0.25) is 39.1 Å². The minimum Gasteiger partial charge on any atom is -0.371 e. The van der Waals surface area contributed by atoms with E-state index in [0.717, 1.165) is 94.6 Å². The molecule has 0 radical (unpaired) electrons. The van der Waals surface area contributed by atoms with E-state index in [4.69, 9.17) is 15.7 Å². The number of carbonyl (C=O) groups is 6. The first-order chi connectivity index (χ1) is 29.0. The van der Waals surface area contributed by atoms with E-state index in [1.165, 1.54) is 0 Å². The number of imide groups is 2. The fourth-order valence-electron chi connectivity index (χ4n) is 9.40. The maximum atomic E-state index is 13.4. The monoisotopic (exact) mass is 819 g/mol. The number of carbonyl (C=O) groups excluding carboxylic acids is 6. The molecule has 3 atom stereocenters. The largest absolute Gasteiger partial charge is 0.371 e. The molecule has 9 rings (SSSR count). The highest BCUT2D eigenvalue weighted by Crippen LogP contribution is 2.33. The summed E-state index contributed by atoms with van der Waals surface area (Å²) < 4.78 is 0. The molecule has 5 fully saturated rings. The minimum atomic E-state index is -0.984. The van der Waals surface area contributed by atoms with Crippen LogP contribution in [0.25, 0.3) is 0 Å². The number of hydrogen-bond donors (Lipinski definition) is 3. The van der Waals surface area contributed by atoms with Crippen molar-refractivity contribution < 1.29 is 28.8 Å². The van der Waals surface area contributed by atoms with Crippen LogP contribution < -0.4 is 31.1 Å². The van der Waals surface area contributed by atoms with Gasteiger partial charge in [0.2, 0.25) is 11.8 Å². The van der Waals surface area contributed by atoms with Crippen molar-refractivity contribution in [3.8, 4) is 0 Å². The second-order valence-corrected chi connectivity index (χ2v) is 16.5. The number of amides is 7. The molecule has 6 aliphatic rings. The fourth-order valence-corrected chi connectivity index (χ4v) is 9.40. The molecule has 1 unspecified atom stereocenters. The van der Waals surface area contributed by atoms with Crippen molar-refractivity contribution in [3.63, 3.8) is 0 Å². The molecule has 6 aliphatic heterocycles. The zero-order valence-electron chi connectivity index (χ0n) is 33.6. The molecule has 7 amide bonds. The van der Waals surface area contributed by atoms with E-state index in [2.05, 4.69) is 35.2 Å². The Bertz CT molecular complexity index is 2230. The van der Waals surface area contributed by atoms with Crippen molar-refractivity contribution in [2.24, 2.45) is 11.7 Å². The molecular weight excluding hydrogens is 771 g/mol. The molecule has 19 nitrogen and oxygen atoms in total. The molecule has 5 saturated heterocycles. The van der Waals surface area contributed by atoms with Gasteiger partial charge in [0.25, 0.3) is 17.7 Å². The van der Waals surface area contributed by atoms with Crippen molar-refractivity contribution in [1.29, 1.82) is 0 Å². The molecule has 314 valence electrons. The van der Waals surface area contributed by atoms with Crippen LogP contribution in [0.5, 0.6) is 0 Å². The molecule has 0 bridgehead atoms. The Balaban J connectivity index is 0.771.